The summed E-state index contributed by atoms with van der Waals surface area (Å²) in [6.07, 6.45) is 5.67. The lowest BCUT2D eigenvalue weighted by Gasteiger charge is -1.88. The van der Waals surface area contributed by atoms with E-state index in [0.717, 1.165) is 11.2 Å². The van der Waals surface area contributed by atoms with Gasteiger partial charge in [0.15, 0.2) is 5.65 Å². The number of nitrogens with zero attached hydrogens (tertiary/aromatic N) is 3. The first kappa shape index (κ1) is 8.73. The Balaban J connectivity index is 2.40. The summed E-state index contributed by atoms with van der Waals surface area (Å²) in [7, 11) is 0. The number of aliphatic hydroxyl groups is 1. The molecule has 4 heteroatoms. The van der Waals surface area contributed by atoms with Crippen molar-refractivity contribution in [3.8, 4) is 11.8 Å². The minimum absolute atomic E-state index is 0.0830. The van der Waals surface area contributed by atoms with Gasteiger partial charge in [0, 0.05) is 18.8 Å². The molecule has 2 aromatic heterocycles. The van der Waals surface area contributed by atoms with Crippen LogP contribution in [0.2, 0.25) is 0 Å². The Morgan fingerprint density at radius 3 is 3.29 bits per heavy atom. The third kappa shape index (κ3) is 1.58. The zero-order valence-electron chi connectivity index (χ0n) is 7.51. The molecule has 2 aromatic rings. The van der Waals surface area contributed by atoms with E-state index >= 15 is 0 Å². The van der Waals surface area contributed by atoms with E-state index in [1.807, 2.05) is 12.3 Å². The summed E-state index contributed by atoms with van der Waals surface area (Å²) in [6.45, 7) is 0.0830. The van der Waals surface area contributed by atoms with Crippen molar-refractivity contribution in [2.24, 2.45) is 0 Å². The lowest BCUT2D eigenvalue weighted by Crippen LogP contribution is -1.87. The first-order chi connectivity index (χ1) is 6.92. The molecule has 0 amide bonds. The number of rotatable bonds is 1. The van der Waals surface area contributed by atoms with E-state index in [-0.39, 0.29) is 6.61 Å². The maximum atomic E-state index is 8.57. The van der Waals surface area contributed by atoms with Crippen molar-refractivity contribution in [2.75, 3.05) is 6.61 Å². The van der Waals surface area contributed by atoms with Gasteiger partial charge < -0.3 is 5.11 Å². The molecule has 0 aliphatic heterocycles. The molecule has 70 valence electrons. The quantitative estimate of drug-likeness (QED) is 0.660. The Morgan fingerprint density at radius 1 is 1.50 bits per heavy atom. The number of hydrogen-bond donors (Lipinski definition) is 1. The molecule has 0 unspecified atom stereocenters. The summed E-state index contributed by atoms with van der Waals surface area (Å²) in [5.41, 5.74) is 1.54. The largest absolute Gasteiger partial charge is 0.395 e. The van der Waals surface area contributed by atoms with E-state index in [0.29, 0.717) is 6.42 Å². The van der Waals surface area contributed by atoms with Gasteiger partial charge in [-0.2, -0.15) is 5.10 Å². The van der Waals surface area contributed by atoms with Crippen LogP contribution in [0.25, 0.3) is 5.65 Å². The molecule has 1 N–H and O–H groups in total. The van der Waals surface area contributed by atoms with E-state index in [2.05, 4.69) is 21.9 Å². The number of hydrogen-bond acceptors (Lipinski definition) is 3. The number of aliphatic hydroxyl groups excluding tert-OH is 1. The Morgan fingerprint density at radius 2 is 2.43 bits per heavy atom. The monoisotopic (exact) mass is 187 g/mol. The molecule has 2 rings (SSSR count). The van der Waals surface area contributed by atoms with Gasteiger partial charge in [-0.05, 0) is 6.07 Å². The molecule has 0 saturated carbocycles. The van der Waals surface area contributed by atoms with Crippen molar-refractivity contribution in [3.63, 3.8) is 0 Å². The summed E-state index contributed by atoms with van der Waals surface area (Å²) in [6, 6.07) is 1.81. The van der Waals surface area contributed by atoms with Gasteiger partial charge in [0.05, 0.1) is 18.4 Å². The van der Waals surface area contributed by atoms with Crippen molar-refractivity contribution < 1.29 is 5.11 Å². The van der Waals surface area contributed by atoms with Crippen molar-refractivity contribution in [3.05, 3.63) is 30.2 Å². The topological polar surface area (TPSA) is 50.4 Å². The smallest absolute Gasteiger partial charge is 0.170 e. The highest BCUT2D eigenvalue weighted by Gasteiger charge is 1.99. The summed E-state index contributed by atoms with van der Waals surface area (Å²) < 4.78 is 1.67. The lowest BCUT2D eigenvalue weighted by atomic mass is 10.3. The second-order valence-corrected chi connectivity index (χ2v) is 2.72. The fourth-order valence-corrected chi connectivity index (χ4v) is 1.13. The Labute approximate surface area is 81.2 Å². The van der Waals surface area contributed by atoms with Crippen LogP contribution >= 0.6 is 0 Å². The van der Waals surface area contributed by atoms with Gasteiger partial charge in [-0.15, -0.1) is 0 Å². The summed E-state index contributed by atoms with van der Waals surface area (Å²) in [4.78, 5) is 4.16. The van der Waals surface area contributed by atoms with Crippen LogP contribution in [-0.4, -0.2) is 26.3 Å². The third-order valence-electron chi connectivity index (χ3n) is 1.74. The maximum Gasteiger partial charge on any atom is 0.170 e. The Bertz CT molecular complexity index is 493. The molecule has 0 aliphatic rings. The van der Waals surface area contributed by atoms with E-state index in [9.17, 15) is 0 Å². The molecule has 0 radical (unpaired) electrons. The summed E-state index contributed by atoms with van der Waals surface area (Å²) >= 11 is 0. The van der Waals surface area contributed by atoms with Crippen LogP contribution in [0.15, 0.2) is 24.7 Å². The number of aromatic nitrogens is 3. The molecule has 0 bridgehead atoms. The van der Waals surface area contributed by atoms with Gasteiger partial charge in [0.25, 0.3) is 0 Å². The second kappa shape index (κ2) is 3.90. The molecule has 0 saturated heterocycles. The van der Waals surface area contributed by atoms with E-state index in [4.69, 9.17) is 5.11 Å². The maximum absolute atomic E-state index is 8.57. The highest BCUT2D eigenvalue weighted by atomic mass is 16.2. The van der Waals surface area contributed by atoms with Crippen LogP contribution in [0.3, 0.4) is 0 Å². The highest BCUT2D eigenvalue weighted by molar-refractivity contribution is 5.55. The van der Waals surface area contributed by atoms with Crippen molar-refractivity contribution >= 4 is 5.65 Å². The summed E-state index contributed by atoms with van der Waals surface area (Å²) in [5, 5.41) is 12.7. The van der Waals surface area contributed by atoms with Crippen molar-refractivity contribution in [1.29, 1.82) is 0 Å². The van der Waals surface area contributed by atoms with Crippen LogP contribution < -0.4 is 0 Å². The molecule has 14 heavy (non-hydrogen) atoms. The average molecular weight is 187 g/mol. The predicted octanol–water partition coefficient (Wildman–Crippen LogP) is 0.463. The molecular formula is C10H9N3O. The van der Waals surface area contributed by atoms with Crippen LogP contribution in [-0.2, 0) is 0 Å². The molecule has 0 spiro atoms. The molecular weight excluding hydrogens is 178 g/mol. The predicted molar refractivity (Wildman–Crippen MR) is 51.6 cm³/mol. The lowest BCUT2D eigenvalue weighted by molar-refractivity contribution is 0.305. The average Bonchev–Trinajstić information content (AvgIpc) is 2.63. The zero-order valence-corrected chi connectivity index (χ0v) is 7.51. The normalized spacial score (nSPS) is 9.79. The van der Waals surface area contributed by atoms with Gasteiger partial charge in [0.1, 0.15) is 0 Å². The van der Waals surface area contributed by atoms with E-state index in [1.165, 1.54) is 0 Å². The van der Waals surface area contributed by atoms with Crippen LogP contribution in [0.4, 0.5) is 0 Å². The fourth-order valence-electron chi connectivity index (χ4n) is 1.13. The van der Waals surface area contributed by atoms with Gasteiger partial charge in [0.2, 0.25) is 0 Å². The molecule has 0 fully saturated rings. The minimum atomic E-state index is 0.0830. The third-order valence-corrected chi connectivity index (χ3v) is 1.74. The molecule has 0 aromatic carbocycles. The standard InChI is InChI=1S/C10H9N3O/c14-7-2-1-4-9-8-12-13-6-3-5-11-10(9)13/h3,5-6,8,14H,2,7H2. The first-order valence-corrected chi connectivity index (χ1v) is 4.30. The Hall–Kier alpha value is -1.86. The zero-order chi connectivity index (χ0) is 9.80. The SMILES string of the molecule is OCCC#Cc1cnn2cccnc12. The van der Waals surface area contributed by atoms with Gasteiger partial charge in [-0.3, -0.25) is 0 Å². The van der Waals surface area contributed by atoms with E-state index < -0.39 is 0 Å². The first-order valence-electron chi connectivity index (χ1n) is 4.30. The second-order valence-electron chi connectivity index (χ2n) is 2.72. The van der Waals surface area contributed by atoms with Crippen molar-refractivity contribution in [1.82, 2.24) is 14.6 Å². The van der Waals surface area contributed by atoms with Crippen LogP contribution in [0.1, 0.15) is 12.0 Å². The van der Waals surface area contributed by atoms with Crippen molar-refractivity contribution in [2.45, 2.75) is 6.42 Å². The molecule has 2 heterocycles. The fraction of sp³-hybridized carbons (Fsp3) is 0.200. The molecule has 0 atom stereocenters. The highest BCUT2D eigenvalue weighted by Crippen LogP contribution is 2.04. The molecule has 0 aliphatic carbocycles. The molecule has 4 nitrogen and oxygen atoms in total. The van der Waals surface area contributed by atoms with Crippen LogP contribution in [0, 0.1) is 11.8 Å². The van der Waals surface area contributed by atoms with Gasteiger partial charge in [-0.25, -0.2) is 9.50 Å². The Kier molecular flexibility index (Phi) is 2.43. The van der Waals surface area contributed by atoms with Gasteiger partial charge in [-0.1, -0.05) is 11.8 Å². The van der Waals surface area contributed by atoms with E-state index in [1.54, 1.807) is 16.9 Å². The van der Waals surface area contributed by atoms with Gasteiger partial charge >= 0.3 is 0 Å². The van der Waals surface area contributed by atoms with Crippen LogP contribution in [0.5, 0.6) is 0 Å². The minimum Gasteiger partial charge on any atom is -0.395 e. The summed E-state index contributed by atoms with van der Waals surface area (Å²) in [5.74, 6) is 5.75. The number of fused-ring (bicyclic) bond motifs is 1.